The van der Waals surface area contributed by atoms with Crippen LogP contribution in [0.2, 0.25) is 0 Å². The largest absolute Gasteiger partial charge is 0.378 e. The lowest BCUT2D eigenvalue weighted by molar-refractivity contribution is -0.116. The maximum Gasteiger partial charge on any atom is 0.259 e. The zero-order valence-corrected chi connectivity index (χ0v) is 19.1. The number of carbonyl (C=O) groups is 2. The number of amides is 1. The lowest BCUT2D eigenvalue weighted by Crippen LogP contribution is -2.33. The molecule has 168 valence electrons. The topological polar surface area (TPSA) is 80.1 Å². The molecule has 1 N–H and O–H groups in total. The van der Waals surface area contributed by atoms with Gasteiger partial charge in [0, 0.05) is 37.5 Å². The average Bonchev–Trinajstić information content (AvgIpc) is 3.14. The van der Waals surface area contributed by atoms with Gasteiger partial charge in [0.1, 0.15) is 17.4 Å². The van der Waals surface area contributed by atoms with E-state index < -0.39 is 0 Å². The second-order valence-electron chi connectivity index (χ2n) is 8.11. The molecule has 0 bridgehead atoms. The molecule has 33 heavy (non-hydrogen) atoms. The molecule has 7 nitrogen and oxygen atoms in total. The van der Waals surface area contributed by atoms with Crippen LogP contribution in [0, 0.1) is 6.92 Å². The molecule has 0 spiro atoms. The van der Waals surface area contributed by atoms with Crippen molar-refractivity contribution in [2.75, 3.05) is 16.8 Å². The summed E-state index contributed by atoms with van der Waals surface area (Å²) in [7, 11) is 1.97. The van der Waals surface area contributed by atoms with E-state index in [4.69, 9.17) is 4.98 Å². The Morgan fingerprint density at radius 1 is 1.06 bits per heavy atom. The number of imidazole rings is 1. The number of fused-ring (bicyclic) bond motifs is 1. The molecule has 0 unspecified atom stereocenters. The van der Waals surface area contributed by atoms with Crippen molar-refractivity contribution >= 4 is 34.2 Å². The molecule has 2 aromatic carbocycles. The molecule has 0 aliphatic rings. The van der Waals surface area contributed by atoms with E-state index in [0.29, 0.717) is 17.9 Å². The van der Waals surface area contributed by atoms with Gasteiger partial charge in [-0.05, 0) is 56.3 Å². The van der Waals surface area contributed by atoms with Crippen LogP contribution in [-0.4, -0.2) is 32.8 Å². The summed E-state index contributed by atoms with van der Waals surface area (Å²) in [5.41, 5.74) is 4.44. The Morgan fingerprint density at radius 2 is 1.85 bits per heavy atom. The zero-order chi connectivity index (χ0) is 23.4. The van der Waals surface area contributed by atoms with Gasteiger partial charge in [0.05, 0.1) is 17.6 Å². The lowest BCUT2D eigenvalue weighted by atomic mass is 10.1. The summed E-state index contributed by atoms with van der Waals surface area (Å²) in [6.45, 7) is 4.42. The van der Waals surface area contributed by atoms with Crippen molar-refractivity contribution in [2.45, 2.75) is 26.8 Å². The maximum absolute atomic E-state index is 13.4. The maximum atomic E-state index is 13.4. The van der Waals surface area contributed by atoms with Crippen LogP contribution >= 0.6 is 0 Å². The molecule has 4 aromatic rings. The standard InChI is InChI=1S/C26H27N5O2/c1-18-7-10-21(11-8-18)28-17-25-29-22-16-20(9-12-23(22)30(25)3)26(33)31(15-13-19(2)32)24-6-4-5-14-27-24/h4-12,14,16,28H,13,15,17H2,1-3H3. The lowest BCUT2D eigenvalue weighted by Gasteiger charge is -2.21. The number of Topliss-reactive ketones (excluding diaryl/α,β-unsaturated/α-hetero) is 1. The molecule has 4 rings (SSSR count). The zero-order valence-electron chi connectivity index (χ0n) is 19.1. The minimum Gasteiger partial charge on any atom is -0.378 e. The first kappa shape index (κ1) is 22.2. The van der Waals surface area contributed by atoms with Gasteiger partial charge in [-0.25, -0.2) is 9.97 Å². The van der Waals surface area contributed by atoms with Gasteiger partial charge in [-0.3, -0.25) is 14.5 Å². The van der Waals surface area contributed by atoms with Crippen LogP contribution < -0.4 is 10.2 Å². The van der Waals surface area contributed by atoms with Crippen molar-refractivity contribution < 1.29 is 9.59 Å². The average molecular weight is 442 g/mol. The number of nitrogens with zero attached hydrogens (tertiary/aromatic N) is 4. The Kier molecular flexibility index (Phi) is 6.49. The number of ketones is 1. The third-order valence-electron chi connectivity index (χ3n) is 5.58. The Labute approximate surface area is 193 Å². The first-order valence-corrected chi connectivity index (χ1v) is 10.9. The normalized spacial score (nSPS) is 10.9. The van der Waals surface area contributed by atoms with Gasteiger partial charge in [0.15, 0.2) is 0 Å². The molecule has 2 heterocycles. The van der Waals surface area contributed by atoms with Crippen LogP contribution in [0.4, 0.5) is 11.5 Å². The van der Waals surface area contributed by atoms with Gasteiger partial charge in [-0.15, -0.1) is 0 Å². The van der Waals surface area contributed by atoms with E-state index in [1.165, 1.54) is 12.5 Å². The van der Waals surface area contributed by atoms with E-state index in [-0.39, 0.29) is 24.7 Å². The first-order valence-electron chi connectivity index (χ1n) is 10.9. The van der Waals surface area contributed by atoms with Gasteiger partial charge in [0.2, 0.25) is 0 Å². The highest BCUT2D eigenvalue weighted by molar-refractivity contribution is 6.07. The molecule has 0 atom stereocenters. The van der Waals surface area contributed by atoms with Crippen LogP contribution in [0.15, 0.2) is 66.9 Å². The molecule has 0 saturated heterocycles. The Balaban J connectivity index is 1.58. The predicted molar refractivity (Wildman–Crippen MR) is 130 cm³/mol. The molecule has 0 aliphatic carbocycles. The Bertz CT molecular complexity index is 1280. The molecule has 0 saturated carbocycles. The minimum atomic E-state index is -0.207. The van der Waals surface area contributed by atoms with Crippen molar-refractivity contribution in [2.24, 2.45) is 7.05 Å². The molecular formula is C26H27N5O2. The smallest absolute Gasteiger partial charge is 0.259 e. The fraction of sp³-hybridized carbons (Fsp3) is 0.231. The summed E-state index contributed by atoms with van der Waals surface area (Å²) >= 11 is 0. The number of nitrogens with one attached hydrogen (secondary N) is 1. The molecule has 0 fully saturated rings. The predicted octanol–water partition coefficient (Wildman–Crippen LogP) is 4.51. The number of aromatic nitrogens is 3. The number of anilines is 2. The molecular weight excluding hydrogens is 414 g/mol. The number of rotatable bonds is 8. The number of pyridine rings is 1. The van der Waals surface area contributed by atoms with Crippen LogP contribution in [0.3, 0.4) is 0 Å². The van der Waals surface area contributed by atoms with Gasteiger partial charge in [0.25, 0.3) is 5.91 Å². The fourth-order valence-electron chi connectivity index (χ4n) is 3.65. The monoisotopic (exact) mass is 441 g/mol. The summed E-state index contributed by atoms with van der Waals surface area (Å²) in [5.74, 6) is 1.21. The van der Waals surface area contributed by atoms with Crippen LogP contribution in [0.5, 0.6) is 0 Å². The van der Waals surface area contributed by atoms with Crippen LogP contribution in [0.1, 0.15) is 35.1 Å². The molecule has 2 aromatic heterocycles. The highest BCUT2D eigenvalue weighted by Crippen LogP contribution is 2.21. The second-order valence-corrected chi connectivity index (χ2v) is 8.11. The molecule has 0 radical (unpaired) electrons. The van der Waals surface area contributed by atoms with Gasteiger partial charge in [-0.1, -0.05) is 23.8 Å². The first-order chi connectivity index (χ1) is 15.9. The SMILES string of the molecule is CC(=O)CCN(C(=O)c1ccc2c(c1)nc(CNc1ccc(C)cc1)n2C)c1ccccn1. The van der Waals surface area contributed by atoms with Crippen LogP contribution in [0.25, 0.3) is 11.0 Å². The number of benzene rings is 2. The number of aryl methyl sites for hydroxylation is 2. The molecule has 1 amide bonds. The number of hydrogen-bond donors (Lipinski definition) is 1. The number of hydrogen-bond acceptors (Lipinski definition) is 5. The summed E-state index contributed by atoms with van der Waals surface area (Å²) in [4.78, 5) is 35.5. The summed E-state index contributed by atoms with van der Waals surface area (Å²) in [6, 6.07) is 19.1. The third-order valence-corrected chi connectivity index (χ3v) is 5.58. The van der Waals surface area contributed by atoms with E-state index in [1.54, 1.807) is 35.4 Å². The Morgan fingerprint density at radius 3 is 2.55 bits per heavy atom. The summed E-state index contributed by atoms with van der Waals surface area (Å²) in [5, 5.41) is 3.40. The Hall–Kier alpha value is -4.00. The minimum absolute atomic E-state index is 0.0228. The van der Waals surface area contributed by atoms with Crippen molar-refractivity contribution in [3.63, 3.8) is 0 Å². The molecule has 7 heteroatoms. The van der Waals surface area contributed by atoms with Gasteiger partial charge >= 0.3 is 0 Å². The van der Waals surface area contributed by atoms with Crippen molar-refractivity contribution in [1.82, 2.24) is 14.5 Å². The van der Waals surface area contributed by atoms with E-state index in [0.717, 1.165) is 22.5 Å². The third kappa shape index (κ3) is 5.09. The van der Waals surface area contributed by atoms with E-state index in [2.05, 4.69) is 29.4 Å². The van der Waals surface area contributed by atoms with Crippen molar-refractivity contribution in [1.29, 1.82) is 0 Å². The summed E-state index contributed by atoms with van der Waals surface area (Å²) in [6.07, 6.45) is 1.90. The van der Waals surface area contributed by atoms with Gasteiger partial charge in [-0.2, -0.15) is 0 Å². The van der Waals surface area contributed by atoms with Crippen molar-refractivity contribution in [3.05, 3.63) is 83.8 Å². The number of carbonyl (C=O) groups excluding carboxylic acids is 2. The van der Waals surface area contributed by atoms with Crippen LogP contribution in [-0.2, 0) is 18.4 Å². The van der Waals surface area contributed by atoms with E-state index >= 15 is 0 Å². The van der Waals surface area contributed by atoms with E-state index in [1.807, 2.05) is 35.9 Å². The summed E-state index contributed by atoms with van der Waals surface area (Å²) < 4.78 is 2.02. The van der Waals surface area contributed by atoms with E-state index in [9.17, 15) is 9.59 Å². The second kappa shape index (κ2) is 9.65. The van der Waals surface area contributed by atoms with Crippen molar-refractivity contribution in [3.8, 4) is 0 Å². The fourth-order valence-corrected chi connectivity index (χ4v) is 3.65. The highest BCUT2D eigenvalue weighted by atomic mass is 16.2. The molecule has 0 aliphatic heterocycles. The highest BCUT2D eigenvalue weighted by Gasteiger charge is 2.20. The van der Waals surface area contributed by atoms with Gasteiger partial charge < -0.3 is 9.88 Å². The quantitative estimate of drug-likeness (QED) is 0.435.